The van der Waals surface area contributed by atoms with Crippen molar-refractivity contribution < 1.29 is 4.74 Å². The van der Waals surface area contributed by atoms with Crippen LogP contribution in [0.15, 0.2) is 35.3 Å². The lowest BCUT2D eigenvalue weighted by molar-refractivity contribution is 0.0832. The normalized spacial score (nSPS) is 15.6. The summed E-state index contributed by atoms with van der Waals surface area (Å²) in [5.41, 5.74) is 2.91. The molecule has 136 valence electrons. The second kappa shape index (κ2) is 7.03. The molecule has 1 aliphatic heterocycles. The van der Waals surface area contributed by atoms with E-state index in [1.807, 2.05) is 6.92 Å². The number of aromatic nitrogens is 4. The fourth-order valence-corrected chi connectivity index (χ4v) is 3.62. The minimum atomic E-state index is -0.0181. The van der Waals surface area contributed by atoms with Gasteiger partial charge in [-0.15, -0.1) is 0 Å². The van der Waals surface area contributed by atoms with Crippen molar-refractivity contribution in [1.82, 2.24) is 19.2 Å². The van der Waals surface area contributed by atoms with Crippen LogP contribution in [0, 0.1) is 6.92 Å². The lowest BCUT2D eigenvalue weighted by atomic mass is 10.00. The van der Waals surface area contributed by atoms with Gasteiger partial charge in [0.25, 0.3) is 5.56 Å². The van der Waals surface area contributed by atoms with Crippen molar-refractivity contribution in [2.24, 2.45) is 0 Å². The van der Waals surface area contributed by atoms with E-state index in [0.29, 0.717) is 24.4 Å². The first-order chi connectivity index (χ1) is 12.7. The van der Waals surface area contributed by atoms with E-state index < -0.39 is 0 Å². The van der Waals surface area contributed by atoms with Crippen LogP contribution in [0.3, 0.4) is 0 Å². The Hall–Kier alpha value is -2.47. The molecule has 0 unspecified atom stereocenters. The van der Waals surface area contributed by atoms with Gasteiger partial charge in [0.2, 0.25) is 0 Å². The molecule has 0 spiro atoms. The number of rotatable bonds is 4. The van der Waals surface area contributed by atoms with E-state index in [-0.39, 0.29) is 5.56 Å². The Bertz CT molecular complexity index is 966. The molecule has 1 aliphatic rings. The van der Waals surface area contributed by atoms with E-state index in [1.54, 1.807) is 15.3 Å². The average Bonchev–Trinajstić information content (AvgIpc) is 3.09. The Morgan fingerprint density at radius 3 is 2.62 bits per heavy atom. The van der Waals surface area contributed by atoms with Gasteiger partial charge in [-0.05, 0) is 32.3 Å². The monoisotopic (exact) mass is 352 g/mol. The maximum Gasteiger partial charge on any atom is 0.279 e. The summed E-state index contributed by atoms with van der Waals surface area (Å²) in [6, 6.07) is 8.37. The third kappa shape index (κ3) is 3.05. The van der Waals surface area contributed by atoms with Gasteiger partial charge in [0, 0.05) is 32.1 Å². The molecule has 1 fully saturated rings. The molecule has 3 heterocycles. The highest BCUT2D eigenvalue weighted by Gasteiger charge is 2.23. The highest BCUT2D eigenvalue weighted by Crippen LogP contribution is 2.25. The number of aryl methyl sites for hydroxylation is 1. The highest BCUT2D eigenvalue weighted by atomic mass is 16.5. The second-order valence-electron chi connectivity index (χ2n) is 6.93. The summed E-state index contributed by atoms with van der Waals surface area (Å²) in [7, 11) is 0. The summed E-state index contributed by atoms with van der Waals surface area (Å²) in [6.45, 7) is 6.13. The van der Waals surface area contributed by atoms with Crippen molar-refractivity contribution in [3.05, 3.63) is 63.6 Å². The zero-order valence-corrected chi connectivity index (χ0v) is 15.3. The van der Waals surface area contributed by atoms with E-state index >= 15 is 0 Å². The zero-order chi connectivity index (χ0) is 18.1. The molecule has 0 aliphatic carbocycles. The van der Waals surface area contributed by atoms with Crippen LogP contribution in [0.5, 0.6) is 0 Å². The van der Waals surface area contributed by atoms with Crippen LogP contribution in [-0.4, -0.2) is 32.4 Å². The Morgan fingerprint density at radius 1 is 1.19 bits per heavy atom. The van der Waals surface area contributed by atoms with Gasteiger partial charge >= 0.3 is 0 Å². The number of benzene rings is 1. The number of imidazole rings is 1. The van der Waals surface area contributed by atoms with Crippen LogP contribution in [0.1, 0.15) is 48.5 Å². The van der Waals surface area contributed by atoms with Crippen molar-refractivity contribution in [3.8, 4) is 0 Å². The molecule has 0 saturated carbocycles. The molecule has 0 bridgehead atoms. The first-order valence-corrected chi connectivity index (χ1v) is 9.28. The van der Waals surface area contributed by atoms with Crippen molar-refractivity contribution in [2.75, 3.05) is 13.2 Å². The first kappa shape index (κ1) is 17.0. The number of fused-ring (bicyclic) bond motifs is 1. The summed E-state index contributed by atoms with van der Waals surface area (Å²) in [5, 5.41) is 4.84. The third-order valence-electron chi connectivity index (χ3n) is 5.14. The van der Waals surface area contributed by atoms with E-state index in [9.17, 15) is 4.79 Å². The number of hydrogen-bond donors (Lipinski definition) is 0. The lowest BCUT2D eigenvalue weighted by Crippen LogP contribution is -2.28. The average molecular weight is 352 g/mol. The van der Waals surface area contributed by atoms with Crippen molar-refractivity contribution >= 4 is 5.52 Å². The molecule has 1 aromatic carbocycles. The number of hydrogen-bond acceptors (Lipinski definition) is 4. The predicted molar refractivity (Wildman–Crippen MR) is 99.7 cm³/mol. The lowest BCUT2D eigenvalue weighted by Gasteiger charge is -2.21. The zero-order valence-electron chi connectivity index (χ0n) is 15.3. The van der Waals surface area contributed by atoms with E-state index in [2.05, 4.69) is 36.2 Å². The van der Waals surface area contributed by atoms with Gasteiger partial charge < -0.3 is 4.74 Å². The molecular formula is C20H24N4O2. The van der Waals surface area contributed by atoms with Gasteiger partial charge in [0.05, 0.1) is 6.20 Å². The molecule has 1 saturated heterocycles. The van der Waals surface area contributed by atoms with Gasteiger partial charge in [-0.3, -0.25) is 9.36 Å². The van der Waals surface area contributed by atoms with E-state index in [4.69, 9.17) is 9.84 Å². The maximum absolute atomic E-state index is 13.0. The number of ether oxygens (including phenoxy) is 1. The van der Waals surface area contributed by atoms with Gasteiger partial charge in [-0.2, -0.15) is 5.10 Å². The molecular weight excluding hydrogens is 328 g/mol. The van der Waals surface area contributed by atoms with Gasteiger partial charge in [-0.1, -0.05) is 29.8 Å². The highest BCUT2D eigenvalue weighted by molar-refractivity contribution is 5.43. The van der Waals surface area contributed by atoms with Crippen molar-refractivity contribution in [1.29, 1.82) is 0 Å². The topological polar surface area (TPSA) is 61.4 Å². The van der Waals surface area contributed by atoms with Gasteiger partial charge in [-0.25, -0.2) is 9.50 Å². The number of nitrogens with zero attached hydrogens (tertiary/aromatic N) is 4. The van der Waals surface area contributed by atoms with Crippen LogP contribution >= 0.6 is 0 Å². The molecule has 0 radical (unpaired) electrons. The minimum Gasteiger partial charge on any atom is -0.381 e. The van der Waals surface area contributed by atoms with E-state index in [0.717, 1.165) is 43.3 Å². The standard InChI is InChI=1S/C20H24N4O2/c1-3-23-18(12-15-6-4-14(2)5-7-15)22-24-17(20(23)25)13-21-19(24)16-8-10-26-11-9-16/h4-7,13,16H,3,8-12H2,1-2H3. The molecule has 2 aromatic heterocycles. The smallest absolute Gasteiger partial charge is 0.279 e. The molecule has 0 N–H and O–H groups in total. The maximum atomic E-state index is 13.0. The summed E-state index contributed by atoms with van der Waals surface area (Å²) in [4.78, 5) is 17.5. The predicted octanol–water partition coefficient (Wildman–Crippen LogP) is 2.70. The molecule has 6 heteroatoms. The Balaban J connectivity index is 1.80. The van der Waals surface area contributed by atoms with Gasteiger partial charge in [0.15, 0.2) is 5.52 Å². The third-order valence-corrected chi connectivity index (χ3v) is 5.14. The summed E-state index contributed by atoms with van der Waals surface area (Å²) >= 11 is 0. The van der Waals surface area contributed by atoms with Gasteiger partial charge in [0.1, 0.15) is 11.6 Å². The Kier molecular flexibility index (Phi) is 4.59. The van der Waals surface area contributed by atoms with Crippen LogP contribution in [0.4, 0.5) is 0 Å². The van der Waals surface area contributed by atoms with Crippen molar-refractivity contribution in [2.45, 2.75) is 45.6 Å². The molecule has 0 atom stereocenters. The summed E-state index contributed by atoms with van der Waals surface area (Å²) in [5.74, 6) is 1.96. The first-order valence-electron chi connectivity index (χ1n) is 9.28. The molecule has 6 nitrogen and oxygen atoms in total. The SMILES string of the molecule is CCn1c(Cc2ccc(C)cc2)nn2c(C3CCOCC3)ncc2c1=O. The molecule has 26 heavy (non-hydrogen) atoms. The van der Waals surface area contributed by atoms with Crippen LogP contribution in [0.25, 0.3) is 5.52 Å². The quantitative estimate of drug-likeness (QED) is 0.724. The Labute approximate surface area is 152 Å². The minimum absolute atomic E-state index is 0.0181. The fourth-order valence-electron chi connectivity index (χ4n) is 3.62. The van der Waals surface area contributed by atoms with Crippen molar-refractivity contribution in [3.63, 3.8) is 0 Å². The van der Waals surface area contributed by atoms with E-state index in [1.165, 1.54) is 5.56 Å². The molecule has 3 aromatic rings. The summed E-state index contributed by atoms with van der Waals surface area (Å²) < 4.78 is 8.99. The Morgan fingerprint density at radius 2 is 1.92 bits per heavy atom. The second-order valence-corrected chi connectivity index (χ2v) is 6.93. The van der Waals surface area contributed by atoms with Crippen LogP contribution < -0.4 is 5.56 Å². The molecule has 4 rings (SSSR count). The summed E-state index contributed by atoms with van der Waals surface area (Å²) in [6.07, 6.45) is 4.14. The molecule has 0 amide bonds. The van der Waals surface area contributed by atoms with Crippen LogP contribution in [0.2, 0.25) is 0 Å². The largest absolute Gasteiger partial charge is 0.381 e. The van der Waals surface area contributed by atoms with Crippen LogP contribution in [-0.2, 0) is 17.7 Å². The fraction of sp³-hybridized carbons (Fsp3) is 0.450.